The van der Waals surface area contributed by atoms with Crippen LogP contribution in [0.1, 0.15) is 0 Å². The highest BCUT2D eigenvalue weighted by Crippen LogP contribution is 2.44. The molecule has 0 saturated carbocycles. The minimum Gasteiger partial charge on any atom is -0.456 e. The van der Waals surface area contributed by atoms with Gasteiger partial charge in [0, 0.05) is 33.2 Å². The number of aromatic nitrogens is 1. The Morgan fingerprint density at radius 2 is 1.02 bits per heavy atom. The number of fused-ring (bicyclic) bond motifs is 8. The van der Waals surface area contributed by atoms with E-state index in [1.807, 2.05) is 12.1 Å². The summed E-state index contributed by atoms with van der Waals surface area (Å²) in [7, 11) is 0. The fourth-order valence-corrected chi connectivity index (χ4v) is 8.24. The lowest BCUT2D eigenvalue weighted by atomic mass is 10.0. The largest absolute Gasteiger partial charge is 0.456 e. The predicted octanol–water partition coefficient (Wildman–Crippen LogP) is 14.1. The van der Waals surface area contributed by atoms with Crippen LogP contribution in [0.4, 0.5) is 17.1 Å². The van der Waals surface area contributed by atoms with Gasteiger partial charge in [0.25, 0.3) is 0 Å². The summed E-state index contributed by atoms with van der Waals surface area (Å²) in [5.74, 6) is 0. The van der Waals surface area contributed by atoms with Gasteiger partial charge in [0.2, 0.25) is 0 Å². The molecule has 0 aliphatic carbocycles. The lowest BCUT2D eigenvalue weighted by Crippen LogP contribution is -2.10. The Kier molecular flexibility index (Phi) is 6.55. The molecule has 0 N–H and O–H groups in total. The van der Waals surface area contributed by atoms with E-state index in [0.717, 1.165) is 44.7 Å². The zero-order valence-corrected chi connectivity index (χ0v) is 28.8. The van der Waals surface area contributed by atoms with Gasteiger partial charge in [-0.3, -0.25) is 0 Å². The topological polar surface area (TPSA) is 21.3 Å². The van der Waals surface area contributed by atoms with Crippen molar-refractivity contribution in [3.05, 3.63) is 194 Å². The van der Waals surface area contributed by atoms with Gasteiger partial charge in [-0.1, -0.05) is 121 Å². The van der Waals surface area contributed by atoms with Crippen molar-refractivity contribution in [2.75, 3.05) is 4.90 Å². The maximum Gasteiger partial charge on any atom is 0.137 e. The average molecular weight is 677 g/mol. The number of hydrogen-bond donors (Lipinski definition) is 0. The molecule has 0 amide bonds. The molecule has 0 aliphatic heterocycles. The monoisotopic (exact) mass is 676 g/mol. The van der Waals surface area contributed by atoms with Crippen molar-refractivity contribution in [1.82, 2.24) is 4.57 Å². The maximum absolute atomic E-state index is 6.37. The zero-order chi connectivity index (χ0) is 34.9. The minimum absolute atomic E-state index is 0.874. The Hall–Kier alpha value is -7.10. The highest BCUT2D eigenvalue weighted by Gasteiger charge is 2.20. The highest BCUT2D eigenvalue weighted by molar-refractivity contribution is 6.15. The molecule has 3 nitrogen and oxygen atoms in total. The van der Waals surface area contributed by atoms with E-state index >= 15 is 0 Å². The van der Waals surface area contributed by atoms with Crippen molar-refractivity contribution < 1.29 is 4.42 Å². The van der Waals surface area contributed by atoms with Crippen LogP contribution < -0.4 is 4.90 Å². The van der Waals surface area contributed by atoms with Crippen LogP contribution in [-0.4, -0.2) is 4.57 Å². The Morgan fingerprint density at radius 3 is 1.89 bits per heavy atom. The molecule has 9 aromatic carbocycles. The van der Waals surface area contributed by atoms with Crippen molar-refractivity contribution >= 4 is 82.4 Å². The normalized spacial score (nSPS) is 11.8. The van der Waals surface area contributed by atoms with Crippen LogP contribution in [0.5, 0.6) is 0 Å². The van der Waals surface area contributed by atoms with Crippen molar-refractivity contribution in [1.29, 1.82) is 0 Å². The third-order valence-corrected chi connectivity index (χ3v) is 10.7. The lowest BCUT2D eigenvalue weighted by molar-refractivity contribution is 0.669. The fourth-order valence-electron chi connectivity index (χ4n) is 8.24. The second-order valence-electron chi connectivity index (χ2n) is 13.8. The van der Waals surface area contributed by atoms with Crippen LogP contribution >= 0.6 is 0 Å². The van der Waals surface area contributed by atoms with Gasteiger partial charge in [-0.25, -0.2) is 0 Å². The quantitative estimate of drug-likeness (QED) is 0.181. The van der Waals surface area contributed by atoms with Crippen LogP contribution in [0.25, 0.3) is 82.1 Å². The summed E-state index contributed by atoms with van der Waals surface area (Å²) in [6, 6.07) is 69.8. The second-order valence-corrected chi connectivity index (χ2v) is 13.8. The van der Waals surface area contributed by atoms with Gasteiger partial charge in [0.1, 0.15) is 11.2 Å². The van der Waals surface area contributed by atoms with E-state index < -0.39 is 0 Å². The van der Waals surface area contributed by atoms with E-state index in [1.54, 1.807) is 0 Å². The van der Waals surface area contributed by atoms with Gasteiger partial charge in [-0.15, -0.1) is 0 Å². The summed E-state index contributed by atoms with van der Waals surface area (Å²) >= 11 is 0. The molecule has 2 heterocycles. The van der Waals surface area contributed by atoms with Crippen LogP contribution in [0.2, 0.25) is 0 Å². The molecule has 0 radical (unpaired) electrons. The lowest BCUT2D eigenvalue weighted by Gasteiger charge is -2.27. The van der Waals surface area contributed by atoms with Gasteiger partial charge in [-0.05, 0) is 105 Å². The number of hydrogen-bond acceptors (Lipinski definition) is 2. The van der Waals surface area contributed by atoms with Gasteiger partial charge in [-0.2, -0.15) is 0 Å². The molecule has 0 bridgehead atoms. The Morgan fingerprint density at radius 1 is 0.377 bits per heavy atom. The van der Waals surface area contributed by atoms with Gasteiger partial charge in [0.05, 0.1) is 22.1 Å². The van der Waals surface area contributed by atoms with Crippen LogP contribution in [0.15, 0.2) is 199 Å². The van der Waals surface area contributed by atoms with Crippen LogP contribution in [0, 0.1) is 0 Å². The van der Waals surface area contributed by atoms with E-state index in [4.69, 9.17) is 4.42 Å². The molecule has 248 valence electrons. The third kappa shape index (κ3) is 4.75. The van der Waals surface area contributed by atoms with Gasteiger partial charge >= 0.3 is 0 Å². The molecule has 2 aromatic heterocycles. The molecule has 0 unspecified atom stereocenters. The smallest absolute Gasteiger partial charge is 0.137 e. The van der Waals surface area contributed by atoms with E-state index in [0.29, 0.717) is 0 Å². The molecule has 0 aliphatic rings. The Bertz CT molecular complexity index is 3170. The first-order chi connectivity index (χ1) is 26.3. The van der Waals surface area contributed by atoms with Crippen LogP contribution in [-0.2, 0) is 0 Å². The molecule has 53 heavy (non-hydrogen) atoms. The number of furan rings is 1. The summed E-state index contributed by atoms with van der Waals surface area (Å²) in [5, 5.41) is 9.59. The molecule has 0 fully saturated rings. The first-order valence-corrected chi connectivity index (χ1v) is 18.1. The predicted molar refractivity (Wildman–Crippen MR) is 223 cm³/mol. The third-order valence-electron chi connectivity index (χ3n) is 10.7. The van der Waals surface area contributed by atoms with Crippen molar-refractivity contribution in [2.24, 2.45) is 0 Å². The summed E-state index contributed by atoms with van der Waals surface area (Å²) in [6.45, 7) is 0. The van der Waals surface area contributed by atoms with E-state index in [1.165, 1.54) is 54.5 Å². The van der Waals surface area contributed by atoms with E-state index in [2.05, 4.69) is 191 Å². The molecule has 0 atom stereocenters. The Labute approximate surface area is 306 Å². The van der Waals surface area contributed by atoms with Crippen molar-refractivity contribution in [3.63, 3.8) is 0 Å². The standard InChI is InChI=1S/C50H32N2O/c1-2-11-33(12-3-1)34-21-25-39(26-22-34)51(46-18-10-20-49-50(46)43-16-7-9-19-48(43)53-49)40-27-23-38-30-41(28-24-37(38)29-40)52-45-17-8-6-15-42(45)44-31-35-13-4-5-14-36(35)32-47(44)52/h1-32H. The van der Waals surface area contributed by atoms with Crippen molar-refractivity contribution in [3.8, 4) is 16.8 Å². The zero-order valence-electron chi connectivity index (χ0n) is 28.8. The number of nitrogens with zero attached hydrogens (tertiary/aromatic N) is 2. The van der Waals surface area contributed by atoms with E-state index in [9.17, 15) is 0 Å². The molecular weight excluding hydrogens is 645 g/mol. The number of para-hydroxylation sites is 2. The number of anilines is 3. The second kappa shape index (κ2) is 11.7. The Balaban J connectivity index is 1.08. The molecule has 11 aromatic rings. The number of benzene rings is 9. The van der Waals surface area contributed by atoms with E-state index in [-0.39, 0.29) is 0 Å². The van der Waals surface area contributed by atoms with Gasteiger partial charge < -0.3 is 13.9 Å². The van der Waals surface area contributed by atoms with Crippen LogP contribution in [0.3, 0.4) is 0 Å². The molecule has 0 saturated heterocycles. The first kappa shape index (κ1) is 29.6. The summed E-state index contributed by atoms with van der Waals surface area (Å²) < 4.78 is 8.78. The molecule has 3 heteroatoms. The molecular formula is C50H32N2O. The summed E-state index contributed by atoms with van der Waals surface area (Å²) in [5.41, 5.74) is 11.0. The average Bonchev–Trinajstić information content (AvgIpc) is 3.76. The maximum atomic E-state index is 6.37. The first-order valence-electron chi connectivity index (χ1n) is 18.1. The fraction of sp³-hybridized carbons (Fsp3) is 0. The van der Waals surface area contributed by atoms with Crippen molar-refractivity contribution in [2.45, 2.75) is 0 Å². The molecule has 11 rings (SSSR count). The highest BCUT2D eigenvalue weighted by atomic mass is 16.3. The van der Waals surface area contributed by atoms with Gasteiger partial charge in [0.15, 0.2) is 0 Å². The number of rotatable bonds is 5. The summed E-state index contributed by atoms with van der Waals surface area (Å²) in [4.78, 5) is 2.37. The summed E-state index contributed by atoms with van der Waals surface area (Å²) in [6.07, 6.45) is 0. The minimum atomic E-state index is 0.874. The SMILES string of the molecule is c1ccc(-c2ccc(N(c3ccc4cc(-n5c6ccccc6c6cc7ccccc7cc65)ccc4c3)c3cccc4oc5ccccc5c34)cc2)cc1. The molecule has 0 spiro atoms.